The fourth-order valence-electron chi connectivity index (χ4n) is 2.94. The number of hydrogen-bond donors (Lipinski definition) is 1. The van der Waals surface area contributed by atoms with Crippen LogP contribution in [0.5, 0.6) is 0 Å². The van der Waals surface area contributed by atoms with Gasteiger partial charge in [0.25, 0.3) is 10.0 Å². The molecule has 1 N–H and O–H groups in total. The van der Waals surface area contributed by atoms with E-state index in [9.17, 15) is 13.2 Å². The SMILES string of the molecule is COC(=O)c1ccccc1NS(=O)(=O)c1ccc2c(c1)CCCC2. The maximum absolute atomic E-state index is 12.7. The number of fused-ring (bicyclic) bond motifs is 1. The minimum Gasteiger partial charge on any atom is -0.465 e. The Labute approximate surface area is 141 Å². The number of rotatable bonds is 4. The lowest BCUT2D eigenvalue weighted by molar-refractivity contribution is 0.0602. The van der Waals surface area contributed by atoms with Crippen molar-refractivity contribution in [2.45, 2.75) is 30.6 Å². The summed E-state index contributed by atoms with van der Waals surface area (Å²) in [6.07, 6.45) is 4.12. The standard InChI is InChI=1S/C18H19NO4S/c1-23-18(20)16-8-4-5-9-17(16)19-24(21,22)15-11-10-13-6-2-3-7-14(13)12-15/h4-5,8-12,19H,2-3,6-7H2,1H3. The highest BCUT2D eigenvalue weighted by molar-refractivity contribution is 7.92. The zero-order valence-electron chi connectivity index (χ0n) is 13.4. The van der Waals surface area contributed by atoms with Gasteiger partial charge >= 0.3 is 5.97 Å². The first-order valence-corrected chi connectivity index (χ1v) is 9.31. The van der Waals surface area contributed by atoms with E-state index in [1.54, 1.807) is 30.3 Å². The Morgan fingerprint density at radius 2 is 1.75 bits per heavy atom. The molecule has 0 fully saturated rings. The van der Waals surface area contributed by atoms with Crippen LogP contribution in [-0.4, -0.2) is 21.5 Å². The first-order valence-electron chi connectivity index (χ1n) is 7.83. The van der Waals surface area contributed by atoms with Crippen molar-refractivity contribution < 1.29 is 17.9 Å². The number of methoxy groups -OCH3 is 1. The Bertz CT molecular complexity index is 874. The van der Waals surface area contributed by atoms with Gasteiger partial charge in [0.15, 0.2) is 0 Å². The molecule has 0 unspecified atom stereocenters. The Hall–Kier alpha value is -2.34. The van der Waals surface area contributed by atoms with Crippen LogP contribution in [0.2, 0.25) is 0 Å². The molecule has 5 nitrogen and oxygen atoms in total. The number of para-hydroxylation sites is 1. The predicted octanol–water partition coefficient (Wildman–Crippen LogP) is 3.15. The number of ether oxygens (including phenoxy) is 1. The van der Waals surface area contributed by atoms with Crippen molar-refractivity contribution in [3.8, 4) is 0 Å². The molecule has 0 heterocycles. The van der Waals surface area contributed by atoms with E-state index in [1.165, 1.54) is 18.7 Å². The number of nitrogens with one attached hydrogen (secondary N) is 1. The molecule has 2 aromatic carbocycles. The number of aryl methyl sites for hydroxylation is 2. The van der Waals surface area contributed by atoms with Crippen molar-refractivity contribution in [1.82, 2.24) is 0 Å². The molecule has 0 saturated heterocycles. The molecule has 0 saturated carbocycles. The molecular weight excluding hydrogens is 326 g/mol. The minimum absolute atomic E-state index is 0.182. The van der Waals surface area contributed by atoms with E-state index in [0.29, 0.717) is 0 Å². The van der Waals surface area contributed by atoms with Crippen LogP contribution in [0, 0.1) is 0 Å². The Morgan fingerprint density at radius 3 is 2.50 bits per heavy atom. The zero-order chi connectivity index (χ0) is 17.2. The Kier molecular flexibility index (Phi) is 4.57. The fraction of sp³-hybridized carbons (Fsp3) is 0.278. The van der Waals surface area contributed by atoms with Crippen LogP contribution in [0.15, 0.2) is 47.4 Å². The van der Waals surface area contributed by atoms with E-state index in [0.717, 1.165) is 31.2 Å². The predicted molar refractivity (Wildman–Crippen MR) is 91.7 cm³/mol. The number of benzene rings is 2. The van der Waals surface area contributed by atoms with E-state index in [1.807, 2.05) is 6.07 Å². The van der Waals surface area contributed by atoms with E-state index in [-0.39, 0.29) is 16.1 Å². The maximum atomic E-state index is 12.7. The number of carbonyl (C=O) groups excluding carboxylic acids is 1. The first kappa shape index (κ1) is 16.5. The summed E-state index contributed by atoms with van der Waals surface area (Å²) >= 11 is 0. The summed E-state index contributed by atoms with van der Waals surface area (Å²) in [6.45, 7) is 0. The van der Waals surface area contributed by atoms with Crippen LogP contribution in [0.3, 0.4) is 0 Å². The van der Waals surface area contributed by atoms with Crippen LogP contribution < -0.4 is 4.72 Å². The van der Waals surface area contributed by atoms with Crippen LogP contribution in [0.25, 0.3) is 0 Å². The summed E-state index contributed by atoms with van der Waals surface area (Å²) < 4.78 is 32.6. The van der Waals surface area contributed by atoms with Gasteiger partial charge in [-0.3, -0.25) is 4.72 Å². The van der Waals surface area contributed by atoms with E-state index in [4.69, 9.17) is 4.74 Å². The van der Waals surface area contributed by atoms with Gasteiger partial charge in [0.05, 0.1) is 23.3 Å². The van der Waals surface area contributed by atoms with Crippen molar-refractivity contribution in [2.75, 3.05) is 11.8 Å². The second kappa shape index (κ2) is 6.65. The monoisotopic (exact) mass is 345 g/mol. The van der Waals surface area contributed by atoms with Gasteiger partial charge in [0.2, 0.25) is 0 Å². The quantitative estimate of drug-likeness (QED) is 0.864. The maximum Gasteiger partial charge on any atom is 0.339 e. The number of esters is 1. The molecule has 0 radical (unpaired) electrons. The lowest BCUT2D eigenvalue weighted by atomic mass is 9.92. The average molecular weight is 345 g/mol. The van der Waals surface area contributed by atoms with Crippen molar-refractivity contribution >= 4 is 21.7 Å². The van der Waals surface area contributed by atoms with E-state index in [2.05, 4.69) is 4.72 Å². The molecule has 1 aliphatic carbocycles. The zero-order valence-corrected chi connectivity index (χ0v) is 14.2. The molecule has 0 aromatic heterocycles. The molecule has 3 rings (SSSR count). The third kappa shape index (κ3) is 3.28. The summed E-state index contributed by atoms with van der Waals surface area (Å²) in [4.78, 5) is 12.0. The van der Waals surface area contributed by atoms with Crippen LogP contribution in [-0.2, 0) is 27.6 Å². The first-order chi connectivity index (χ1) is 11.5. The molecular formula is C18H19NO4S. The Morgan fingerprint density at radius 1 is 1.04 bits per heavy atom. The molecule has 0 bridgehead atoms. The highest BCUT2D eigenvalue weighted by Crippen LogP contribution is 2.26. The van der Waals surface area contributed by atoms with Gasteiger partial charge in [-0.15, -0.1) is 0 Å². The lowest BCUT2D eigenvalue weighted by Gasteiger charge is -2.17. The van der Waals surface area contributed by atoms with Gasteiger partial charge in [-0.2, -0.15) is 0 Å². The van der Waals surface area contributed by atoms with Crippen LogP contribution in [0.4, 0.5) is 5.69 Å². The van der Waals surface area contributed by atoms with Gasteiger partial charge in [-0.25, -0.2) is 13.2 Å². The average Bonchev–Trinajstić information content (AvgIpc) is 2.60. The molecule has 0 atom stereocenters. The molecule has 0 amide bonds. The number of hydrogen-bond acceptors (Lipinski definition) is 4. The largest absolute Gasteiger partial charge is 0.465 e. The van der Waals surface area contributed by atoms with E-state index < -0.39 is 16.0 Å². The topological polar surface area (TPSA) is 72.5 Å². The van der Waals surface area contributed by atoms with Crippen molar-refractivity contribution in [3.05, 3.63) is 59.2 Å². The van der Waals surface area contributed by atoms with Crippen LogP contribution >= 0.6 is 0 Å². The second-order valence-electron chi connectivity index (χ2n) is 5.78. The van der Waals surface area contributed by atoms with Crippen molar-refractivity contribution in [3.63, 3.8) is 0 Å². The van der Waals surface area contributed by atoms with Crippen molar-refractivity contribution in [1.29, 1.82) is 0 Å². The molecule has 24 heavy (non-hydrogen) atoms. The van der Waals surface area contributed by atoms with Crippen LogP contribution in [0.1, 0.15) is 34.3 Å². The smallest absolute Gasteiger partial charge is 0.339 e. The van der Waals surface area contributed by atoms with Gasteiger partial charge in [0, 0.05) is 0 Å². The van der Waals surface area contributed by atoms with Gasteiger partial charge in [-0.05, 0) is 61.1 Å². The third-order valence-electron chi connectivity index (χ3n) is 4.21. The Balaban J connectivity index is 1.94. The molecule has 2 aromatic rings. The molecule has 0 aliphatic heterocycles. The lowest BCUT2D eigenvalue weighted by Crippen LogP contribution is -2.17. The number of carbonyl (C=O) groups is 1. The number of sulfonamides is 1. The fourth-order valence-corrected chi connectivity index (χ4v) is 4.07. The molecule has 0 spiro atoms. The second-order valence-corrected chi connectivity index (χ2v) is 7.46. The summed E-state index contributed by atoms with van der Waals surface area (Å²) in [5.74, 6) is -0.584. The molecule has 1 aliphatic rings. The van der Waals surface area contributed by atoms with E-state index >= 15 is 0 Å². The van der Waals surface area contributed by atoms with Gasteiger partial charge < -0.3 is 4.74 Å². The third-order valence-corrected chi connectivity index (χ3v) is 5.57. The molecule has 6 heteroatoms. The summed E-state index contributed by atoms with van der Waals surface area (Å²) in [5.41, 5.74) is 2.70. The normalized spacial score (nSPS) is 13.9. The highest BCUT2D eigenvalue weighted by atomic mass is 32.2. The molecule has 126 valence electrons. The summed E-state index contributed by atoms with van der Waals surface area (Å²) in [7, 11) is -2.51. The van der Waals surface area contributed by atoms with Crippen molar-refractivity contribution in [2.24, 2.45) is 0 Å². The minimum atomic E-state index is -3.77. The van der Waals surface area contributed by atoms with Gasteiger partial charge in [0.1, 0.15) is 0 Å². The summed E-state index contributed by atoms with van der Waals surface area (Å²) in [6, 6.07) is 11.6. The highest BCUT2D eigenvalue weighted by Gasteiger charge is 2.20. The van der Waals surface area contributed by atoms with Gasteiger partial charge in [-0.1, -0.05) is 18.2 Å². The summed E-state index contributed by atoms with van der Waals surface area (Å²) in [5, 5.41) is 0. The number of anilines is 1.